The number of hydrogen-bond acceptors (Lipinski definition) is 9. The number of fused-ring (bicyclic) bond motifs is 2. The van der Waals surface area contributed by atoms with Crippen LogP contribution in [0.15, 0.2) is 46.4 Å². The molecule has 3 aromatic rings. The highest BCUT2D eigenvalue weighted by atomic mass is 16.5. The molecule has 4 heterocycles. The first kappa shape index (κ1) is 31.6. The van der Waals surface area contributed by atoms with Gasteiger partial charge in [-0.25, -0.2) is 16.6 Å². The Labute approximate surface area is 278 Å². The van der Waals surface area contributed by atoms with Crippen LogP contribution in [0.25, 0.3) is 15.6 Å². The average Bonchev–Trinajstić information content (AvgIpc) is 3.72. The summed E-state index contributed by atoms with van der Waals surface area (Å²) < 4.78 is 11.7. The molecular weight excluding hydrogens is 588 g/mol. The van der Waals surface area contributed by atoms with Crippen molar-refractivity contribution < 1.29 is 9.47 Å². The molecule has 10 heteroatoms. The normalized spacial score (nSPS) is 23.6. The van der Waals surface area contributed by atoms with Crippen molar-refractivity contribution in [3.8, 4) is 6.01 Å². The number of rotatable bonds is 10. The van der Waals surface area contributed by atoms with Gasteiger partial charge in [-0.3, -0.25) is 0 Å². The van der Waals surface area contributed by atoms with Gasteiger partial charge in [0.25, 0.3) is 0 Å². The van der Waals surface area contributed by atoms with E-state index in [4.69, 9.17) is 31.0 Å². The predicted octanol–water partition coefficient (Wildman–Crippen LogP) is 5.44. The highest BCUT2D eigenvalue weighted by Crippen LogP contribution is 2.40. The third-order valence-corrected chi connectivity index (χ3v) is 10.6. The molecule has 0 bridgehead atoms. The standard InChI is InChI=1S/C37H46N8O2/c1-26-8-5-9-27-10-6-12-33(34(26)27)44-18-13-30-32(22-44)41-36(47-23-29-11-7-17-43(29)3)42-35(30)45-19-14-31(28(21-45)20-38-2)39-25-40-37(15-16-37)24-46-4/h5-6,8-10,12,28-29,31H,7,11,13-24H2,1,3-4H3/t28-,29-,31+/m0/s1. The van der Waals surface area contributed by atoms with Crippen molar-refractivity contribution in [1.82, 2.24) is 14.9 Å². The highest BCUT2D eigenvalue weighted by molar-refractivity contribution is 5.97. The van der Waals surface area contributed by atoms with E-state index in [0.29, 0.717) is 44.9 Å². The number of likely N-dealkylation sites (tertiary alicyclic amines) is 1. The maximum atomic E-state index is 7.70. The fourth-order valence-corrected chi connectivity index (χ4v) is 7.64. The molecule has 0 unspecified atom stereocenters. The van der Waals surface area contributed by atoms with Crippen LogP contribution in [-0.2, 0) is 17.7 Å². The van der Waals surface area contributed by atoms with Gasteiger partial charge in [-0.05, 0) is 76.1 Å². The van der Waals surface area contributed by atoms with Crippen LogP contribution >= 0.6 is 0 Å². The summed E-state index contributed by atoms with van der Waals surface area (Å²) in [5.41, 5.74) is 4.62. The maximum absolute atomic E-state index is 7.70. The van der Waals surface area contributed by atoms with E-state index in [1.165, 1.54) is 34.0 Å². The van der Waals surface area contributed by atoms with E-state index in [1.807, 2.05) is 0 Å². The molecule has 10 nitrogen and oxygen atoms in total. The average molecular weight is 635 g/mol. The van der Waals surface area contributed by atoms with Crippen LogP contribution in [0, 0.1) is 19.4 Å². The lowest BCUT2D eigenvalue weighted by Gasteiger charge is -2.38. The molecule has 0 N–H and O–H groups in total. The number of aryl methyl sites for hydroxylation is 1. The number of nitrogens with zero attached hydrogens (tertiary/aromatic N) is 8. The number of anilines is 2. The van der Waals surface area contributed by atoms with Gasteiger partial charge in [0.1, 0.15) is 12.4 Å². The number of aliphatic imine (C=N–C) groups is 2. The molecule has 0 radical (unpaired) electrons. The van der Waals surface area contributed by atoms with Crippen molar-refractivity contribution in [3.63, 3.8) is 0 Å². The second-order valence-electron chi connectivity index (χ2n) is 13.9. The van der Waals surface area contributed by atoms with Crippen molar-refractivity contribution in [2.75, 3.05) is 69.9 Å². The number of likely N-dealkylation sites (N-methyl/N-ethyl adjacent to an activating group) is 1. The number of piperidine rings is 1. The van der Waals surface area contributed by atoms with E-state index in [2.05, 4.69) is 80.9 Å². The van der Waals surface area contributed by atoms with Crippen LogP contribution in [-0.4, -0.2) is 98.6 Å². The van der Waals surface area contributed by atoms with Crippen LogP contribution in [0.1, 0.15) is 48.9 Å². The van der Waals surface area contributed by atoms with Crippen molar-refractivity contribution in [3.05, 3.63) is 64.6 Å². The lowest BCUT2D eigenvalue weighted by Crippen LogP contribution is -2.45. The third kappa shape index (κ3) is 6.71. The molecule has 4 aliphatic rings. The first-order valence-electron chi connectivity index (χ1n) is 17.2. The van der Waals surface area contributed by atoms with Gasteiger partial charge in [-0.1, -0.05) is 30.3 Å². The smallest absolute Gasteiger partial charge is 0.318 e. The van der Waals surface area contributed by atoms with Gasteiger partial charge in [-0.15, -0.1) is 0 Å². The lowest BCUT2D eigenvalue weighted by molar-refractivity contribution is 0.174. The number of ether oxygens (including phenoxy) is 2. The van der Waals surface area contributed by atoms with Crippen LogP contribution in [0.5, 0.6) is 6.01 Å². The molecule has 7 rings (SSSR count). The van der Waals surface area contributed by atoms with E-state index in [1.54, 1.807) is 7.11 Å². The Morgan fingerprint density at radius 3 is 2.70 bits per heavy atom. The first-order chi connectivity index (χ1) is 23.0. The molecule has 2 saturated heterocycles. The first-order valence-corrected chi connectivity index (χ1v) is 17.2. The topological polar surface area (TPSA) is 83.0 Å². The van der Waals surface area contributed by atoms with Crippen LogP contribution in [0.4, 0.5) is 11.5 Å². The summed E-state index contributed by atoms with van der Waals surface area (Å²) in [5.74, 6) is 1.03. The molecule has 1 saturated carbocycles. The van der Waals surface area contributed by atoms with E-state index >= 15 is 0 Å². The zero-order valence-corrected chi connectivity index (χ0v) is 28.0. The summed E-state index contributed by atoms with van der Waals surface area (Å²) in [6.07, 6.45) is 6.03. The summed E-state index contributed by atoms with van der Waals surface area (Å²) in [7, 11) is 3.88. The van der Waals surface area contributed by atoms with Gasteiger partial charge in [0.05, 0.1) is 42.4 Å². The molecule has 0 spiro atoms. The van der Waals surface area contributed by atoms with Crippen molar-refractivity contribution >= 4 is 28.3 Å². The Kier molecular flexibility index (Phi) is 9.13. The predicted molar refractivity (Wildman–Crippen MR) is 186 cm³/mol. The van der Waals surface area contributed by atoms with Crippen molar-refractivity contribution in [2.45, 2.75) is 69.6 Å². The zero-order valence-electron chi connectivity index (χ0n) is 28.0. The van der Waals surface area contributed by atoms with Gasteiger partial charge in [-0.2, -0.15) is 9.97 Å². The zero-order chi connectivity index (χ0) is 32.4. The van der Waals surface area contributed by atoms with Gasteiger partial charge in [0.2, 0.25) is 6.54 Å². The molecule has 246 valence electrons. The Morgan fingerprint density at radius 2 is 1.94 bits per heavy atom. The summed E-state index contributed by atoms with van der Waals surface area (Å²) in [6, 6.07) is 17.0. The quantitative estimate of drug-likeness (QED) is 0.217. The second kappa shape index (κ2) is 13.6. The van der Waals surface area contributed by atoms with Crippen molar-refractivity contribution in [1.29, 1.82) is 0 Å². The molecule has 0 amide bonds. The Morgan fingerprint density at radius 1 is 1.09 bits per heavy atom. The lowest BCUT2D eigenvalue weighted by atomic mass is 9.92. The molecule has 3 atom stereocenters. The molecule has 1 aromatic heterocycles. The van der Waals surface area contributed by atoms with Gasteiger partial charge in [0.15, 0.2) is 0 Å². The Hall–Kier alpha value is -4.03. The van der Waals surface area contributed by atoms with Gasteiger partial charge in [0, 0.05) is 49.4 Å². The van der Waals surface area contributed by atoms with E-state index in [-0.39, 0.29) is 17.5 Å². The Bertz CT molecular complexity index is 1700. The van der Waals surface area contributed by atoms with Gasteiger partial charge < -0.3 is 29.0 Å². The molecule has 47 heavy (non-hydrogen) atoms. The third-order valence-electron chi connectivity index (χ3n) is 10.6. The highest BCUT2D eigenvalue weighted by Gasteiger charge is 2.43. The molecule has 3 fully saturated rings. The van der Waals surface area contributed by atoms with Crippen LogP contribution < -0.4 is 14.5 Å². The molecule has 2 aromatic carbocycles. The largest absolute Gasteiger partial charge is 0.462 e. The van der Waals surface area contributed by atoms with Crippen LogP contribution in [0.3, 0.4) is 0 Å². The van der Waals surface area contributed by atoms with E-state index in [9.17, 15) is 0 Å². The van der Waals surface area contributed by atoms with Gasteiger partial charge >= 0.3 is 6.01 Å². The monoisotopic (exact) mass is 634 g/mol. The summed E-state index contributed by atoms with van der Waals surface area (Å²) in [6.45, 7) is 15.7. The number of benzene rings is 2. The summed E-state index contributed by atoms with van der Waals surface area (Å²) in [5, 5.41) is 2.56. The maximum Gasteiger partial charge on any atom is 0.318 e. The minimum atomic E-state index is -0.142. The fourth-order valence-electron chi connectivity index (χ4n) is 7.64. The number of methoxy groups -OCH3 is 1. The van der Waals surface area contributed by atoms with Crippen LogP contribution in [0.2, 0.25) is 0 Å². The van der Waals surface area contributed by atoms with Crippen molar-refractivity contribution in [2.24, 2.45) is 15.9 Å². The fraction of sp³-hybridized carbons (Fsp3) is 0.568. The van der Waals surface area contributed by atoms with E-state index < -0.39 is 0 Å². The SMILES string of the molecule is [C-]#[N+]C[C@H]1CN(c2nc(OC[C@@H]3CCCN3C)nc3c2CCN(c2cccc4cccc(C)c24)C3)CC[C@H]1N=C=NC1(COC)CC1. The Balaban J connectivity index is 1.17. The van der Waals surface area contributed by atoms with E-state index in [0.717, 1.165) is 63.3 Å². The minimum Gasteiger partial charge on any atom is -0.462 e. The summed E-state index contributed by atoms with van der Waals surface area (Å²) >= 11 is 0. The number of hydrogen-bond donors (Lipinski definition) is 0. The molecular formula is C37H46N8O2. The molecule has 3 aliphatic heterocycles. The number of aromatic nitrogens is 2. The minimum absolute atomic E-state index is 0.0128. The second-order valence-corrected chi connectivity index (χ2v) is 13.9. The molecule has 1 aliphatic carbocycles. The summed E-state index contributed by atoms with van der Waals surface area (Å²) in [4.78, 5) is 30.6.